The Morgan fingerprint density at radius 3 is 2.47 bits per heavy atom. The third-order valence-electron chi connectivity index (χ3n) is 3.32. The highest BCUT2D eigenvalue weighted by molar-refractivity contribution is 6.62. The van der Waals surface area contributed by atoms with E-state index in [-0.39, 0.29) is 0 Å². The minimum Gasteiger partial charge on any atom is -0.399 e. The lowest BCUT2D eigenvalue weighted by molar-refractivity contribution is 0.00578. The van der Waals surface area contributed by atoms with Crippen molar-refractivity contribution in [2.45, 2.75) is 45.7 Å². The Morgan fingerprint density at radius 2 is 1.94 bits per heavy atom. The summed E-state index contributed by atoms with van der Waals surface area (Å²) in [5.41, 5.74) is -2.61. The van der Waals surface area contributed by atoms with Gasteiger partial charge in [-0.2, -0.15) is 4.39 Å². The van der Waals surface area contributed by atoms with E-state index >= 15 is 0 Å². The zero-order valence-electron chi connectivity index (χ0n) is 15.2. The predicted molar refractivity (Wildman–Crippen MR) is 64.6 cm³/mol. The maximum Gasteiger partial charge on any atom is 0.499 e. The molecule has 1 aromatic heterocycles. The van der Waals surface area contributed by atoms with Gasteiger partial charge in [0.05, 0.1) is 13.9 Å². The average Bonchev–Trinajstić information content (AvgIpc) is 2.50. The van der Waals surface area contributed by atoms with Gasteiger partial charge in [-0.3, -0.25) is 0 Å². The van der Waals surface area contributed by atoms with Crippen LogP contribution in [0.4, 0.5) is 4.39 Å². The van der Waals surface area contributed by atoms with E-state index in [0.29, 0.717) is 0 Å². The molecule has 0 unspecified atom stereocenters. The Labute approximate surface area is 109 Å². The SMILES string of the molecule is [2H]c1nc(F)c(B2OC(C)(C)C(C)(C)O2)c(C([2H])([2H])[2H])c1[2H]. The van der Waals surface area contributed by atoms with Gasteiger partial charge in [0.25, 0.3) is 0 Å². The molecule has 0 spiro atoms. The first kappa shape index (κ1) is 7.49. The molecule has 3 nitrogen and oxygen atoms in total. The van der Waals surface area contributed by atoms with Gasteiger partial charge >= 0.3 is 7.12 Å². The first-order chi connectivity index (χ1) is 9.78. The molecule has 0 amide bonds. The molecule has 2 heterocycles. The molecule has 0 aromatic carbocycles. The van der Waals surface area contributed by atoms with Crippen molar-refractivity contribution in [3.8, 4) is 0 Å². The lowest BCUT2D eigenvalue weighted by atomic mass is 9.77. The maximum absolute atomic E-state index is 14.3. The van der Waals surface area contributed by atoms with E-state index in [2.05, 4.69) is 4.98 Å². The summed E-state index contributed by atoms with van der Waals surface area (Å²) >= 11 is 0. The molecule has 1 aliphatic rings. The smallest absolute Gasteiger partial charge is 0.399 e. The normalized spacial score (nSPS) is 26.9. The van der Waals surface area contributed by atoms with E-state index in [9.17, 15) is 4.39 Å². The minimum absolute atomic E-state index is 0.431. The van der Waals surface area contributed by atoms with E-state index in [1.165, 1.54) is 0 Å². The number of pyridine rings is 1. The van der Waals surface area contributed by atoms with Crippen molar-refractivity contribution in [2.24, 2.45) is 0 Å². The van der Waals surface area contributed by atoms with E-state index in [1.807, 2.05) is 0 Å². The monoisotopic (exact) mass is 242 g/mol. The number of hydrogen-bond donors (Lipinski definition) is 0. The van der Waals surface area contributed by atoms with Crippen molar-refractivity contribution in [3.63, 3.8) is 0 Å². The van der Waals surface area contributed by atoms with Gasteiger partial charge < -0.3 is 9.31 Å². The van der Waals surface area contributed by atoms with Crippen LogP contribution in [-0.2, 0) is 9.31 Å². The van der Waals surface area contributed by atoms with Crippen LogP contribution in [0.25, 0.3) is 0 Å². The lowest BCUT2D eigenvalue weighted by Crippen LogP contribution is -2.41. The van der Waals surface area contributed by atoms with Crippen LogP contribution < -0.4 is 5.46 Å². The first-order valence-corrected chi connectivity index (χ1v) is 5.30. The second-order valence-corrected chi connectivity index (χ2v) is 5.02. The van der Waals surface area contributed by atoms with Crippen LogP contribution in [0, 0.1) is 12.8 Å². The summed E-state index contributed by atoms with van der Waals surface area (Å²) in [5.74, 6) is -1.16. The summed E-state index contributed by atoms with van der Waals surface area (Å²) < 4.78 is 63.4. The zero-order valence-corrected chi connectivity index (χ0v) is 10.2. The van der Waals surface area contributed by atoms with Crippen LogP contribution >= 0.6 is 0 Å². The Hall–Kier alpha value is -0.935. The molecule has 17 heavy (non-hydrogen) atoms. The van der Waals surface area contributed by atoms with Crippen LogP contribution in [0.15, 0.2) is 12.2 Å². The van der Waals surface area contributed by atoms with Crippen LogP contribution in [0.1, 0.15) is 40.1 Å². The summed E-state index contributed by atoms with van der Waals surface area (Å²) in [6.45, 7) is 4.19. The Morgan fingerprint density at radius 1 is 1.35 bits per heavy atom. The number of nitrogens with zero attached hydrogens (tertiary/aromatic N) is 1. The van der Waals surface area contributed by atoms with Gasteiger partial charge in [0.1, 0.15) is 0 Å². The highest BCUT2D eigenvalue weighted by Crippen LogP contribution is 2.36. The number of rotatable bonds is 1. The fraction of sp³-hybridized carbons (Fsp3) is 0.583. The fourth-order valence-electron chi connectivity index (χ4n) is 1.54. The molecular weight excluding hydrogens is 220 g/mol. The highest BCUT2D eigenvalue weighted by atomic mass is 19.1. The topological polar surface area (TPSA) is 31.4 Å². The second kappa shape index (κ2) is 3.78. The molecule has 0 radical (unpaired) electrons. The van der Waals surface area contributed by atoms with Gasteiger partial charge in [0.2, 0.25) is 5.95 Å². The zero-order chi connectivity index (χ0) is 17.1. The van der Waals surface area contributed by atoms with E-state index in [4.69, 9.17) is 16.2 Å². The largest absolute Gasteiger partial charge is 0.499 e. The molecule has 92 valence electrons. The van der Waals surface area contributed by atoms with E-state index < -0.39 is 54.4 Å². The number of halogens is 1. The highest BCUT2D eigenvalue weighted by Gasteiger charge is 2.52. The number of hydrogen-bond acceptors (Lipinski definition) is 3. The summed E-state index contributed by atoms with van der Waals surface area (Å²) in [6, 6.07) is -0.647. The van der Waals surface area contributed by atoms with Crippen molar-refractivity contribution >= 4 is 12.6 Å². The lowest BCUT2D eigenvalue weighted by Gasteiger charge is -2.32. The molecular formula is C12H17BFNO2. The van der Waals surface area contributed by atoms with Crippen molar-refractivity contribution in [3.05, 3.63) is 23.7 Å². The fourth-order valence-corrected chi connectivity index (χ4v) is 1.54. The standard InChI is InChI=1S/C12H17BFNO2/c1-8-6-7-15-10(14)9(8)13-16-11(2,3)12(4,5)17-13/h6-7H,1-5H3/i1D3,6D,7D. The van der Waals surface area contributed by atoms with Gasteiger partial charge in [-0.05, 0) is 46.2 Å². The van der Waals surface area contributed by atoms with Gasteiger partial charge in [-0.15, -0.1) is 0 Å². The molecule has 2 rings (SSSR count). The average molecular weight is 242 g/mol. The molecule has 1 saturated heterocycles. The molecule has 0 saturated carbocycles. The van der Waals surface area contributed by atoms with Gasteiger partial charge in [0, 0.05) is 15.7 Å². The van der Waals surface area contributed by atoms with E-state index in [1.54, 1.807) is 27.7 Å². The Balaban J connectivity index is 2.65. The third-order valence-corrected chi connectivity index (χ3v) is 3.32. The molecule has 0 atom stereocenters. The minimum atomic E-state index is -2.78. The second-order valence-electron chi connectivity index (χ2n) is 5.02. The van der Waals surface area contributed by atoms with Gasteiger partial charge in [0.15, 0.2) is 0 Å². The summed E-state index contributed by atoms with van der Waals surface area (Å²) in [7, 11) is -1.29. The van der Waals surface area contributed by atoms with Crippen LogP contribution in [0.5, 0.6) is 0 Å². The maximum atomic E-state index is 14.3. The van der Waals surface area contributed by atoms with E-state index in [0.717, 1.165) is 0 Å². The van der Waals surface area contributed by atoms with Crippen molar-refractivity contribution in [1.29, 1.82) is 0 Å². The van der Waals surface area contributed by atoms with Crippen molar-refractivity contribution < 1.29 is 20.6 Å². The number of aromatic nitrogens is 1. The molecule has 1 aromatic rings. The first-order valence-electron chi connectivity index (χ1n) is 7.80. The molecule has 0 bridgehead atoms. The summed E-state index contributed by atoms with van der Waals surface area (Å²) in [4.78, 5) is 3.29. The van der Waals surface area contributed by atoms with Crippen molar-refractivity contribution in [1.82, 2.24) is 4.98 Å². The van der Waals surface area contributed by atoms with Gasteiger partial charge in [-0.1, -0.05) is 0 Å². The molecule has 0 N–H and O–H groups in total. The van der Waals surface area contributed by atoms with Crippen molar-refractivity contribution in [2.75, 3.05) is 0 Å². The van der Waals surface area contributed by atoms with Crippen LogP contribution in [-0.4, -0.2) is 23.3 Å². The quantitative estimate of drug-likeness (QED) is 0.556. The van der Waals surface area contributed by atoms with Gasteiger partial charge in [-0.25, -0.2) is 4.98 Å². The summed E-state index contributed by atoms with van der Waals surface area (Å²) in [6.07, 6.45) is -0.733. The molecule has 1 aliphatic heterocycles. The Bertz CT molecular complexity index is 605. The Kier molecular flexibility index (Phi) is 1.67. The predicted octanol–water partition coefficient (Wildman–Crippen LogP) is 1.83. The molecule has 5 heteroatoms. The third kappa shape index (κ3) is 1.98. The van der Waals surface area contributed by atoms with Crippen LogP contribution in [0.2, 0.25) is 0 Å². The van der Waals surface area contributed by atoms with Crippen LogP contribution in [0.3, 0.4) is 0 Å². The molecule has 0 aliphatic carbocycles. The molecule has 1 fully saturated rings. The summed E-state index contributed by atoms with van der Waals surface area (Å²) in [5, 5.41) is 0.